The number of benzene rings is 8. The van der Waals surface area contributed by atoms with Crippen molar-refractivity contribution in [1.82, 2.24) is 11.0 Å². The van der Waals surface area contributed by atoms with Crippen LogP contribution in [0.2, 0.25) is 0 Å². The molecule has 0 fully saturated rings. The number of rotatable bonds is 8. The Morgan fingerprint density at radius 2 is 0.524 bits per heavy atom. The monoisotopic (exact) mass is 1490 g/mol. The van der Waals surface area contributed by atoms with E-state index in [0.717, 1.165) is 101 Å². The van der Waals surface area contributed by atoms with Gasteiger partial charge >= 0.3 is 64.2 Å². The molecule has 0 aliphatic carbocycles. The van der Waals surface area contributed by atoms with E-state index in [9.17, 15) is 0 Å². The summed E-state index contributed by atoms with van der Waals surface area (Å²) < 4.78 is 389. The Bertz CT molecular complexity index is 5650. The summed E-state index contributed by atoms with van der Waals surface area (Å²) in [4.78, 5) is 23.5. The number of amidine groups is 3. The first-order chi connectivity index (χ1) is 49.3. The first kappa shape index (κ1) is 69.8. The standard InChI is InChI=1S/C72H33F24N8.Al/c73-65(74,75)41-25-9-1-17-33(41)49-50(34-18-2-10-26-42(34)66(76,77)78)58-97-57(49)101-59-51(35-19-3-11-27-43(35)67(79,80)81)52(36-20-4-12-28-44(36)68(82,83)84)61(98-59)103-63-55(39-23-7-15-31-47(39)71(91,92)93)56(40-24-8-16-32-48(40)72(94,95)96)64(100-63)104-62-54(38-22-6-14-30-46(38)70(88,89)90)53(60(99-62)102-58)37-21-5-13-29-45(37)69(85,86)87;/h1-32,57H;/q-3;+3. The fourth-order valence-electron chi connectivity index (χ4n) is 14.2. The van der Waals surface area contributed by atoms with E-state index in [2.05, 4.69) is 4.99 Å². The minimum atomic E-state index is -5.66. The van der Waals surface area contributed by atoms with Crippen molar-refractivity contribution in [2.24, 2.45) is 25.0 Å². The fraction of sp³-hybridized carbons (Fsp3) is 0.125. The van der Waals surface area contributed by atoms with Crippen LogP contribution in [0.25, 0.3) is 66.8 Å². The zero-order valence-electron chi connectivity index (χ0n) is 51.8. The smallest absolute Gasteiger partial charge is 0.385 e. The molecule has 1 atom stereocenters. The van der Waals surface area contributed by atoms with Crippen molar-refractivity contribution < 1.29 is 105 Å². The second kappa shape index (κ2) is 23.8. The lowest BCUT2D eigenvalue weighted by atomic mass is 9.89. The summed E-state index contributed by atoms with van der Waals surface area (Å²) in [5.74, 6) is -6.20. The van der Waals surface area contributed by atoms with Crippen LogP contribution >= 0.6 is 0 Å². The van der Waals surface area contributed by atoms with Crippen LogP contribution in [0.1, 0.15) is 66.8 Å². The third-order valence-corrected chi connectivity index (χ3v) is 21.0. The number of fused-ring (bicyclic) bond motifs is 1. The SMILES string of the molecule is FC(F)(F)c1ccccc1C1=C(c2ccccc2C(F)(F)F)/C2=N/c3c(-c4ccccc4C(F)(F)F)c(-c4ccccc4C(F)(F)F)c4[n]3[Al]3[N]5C(=N4)C(c4ccccc4C(F)(F)F)=C(c4ccccc4C(F)(F)F)C5N=c4c(-c5ccccc5C(F)(F)F)c(-c5ccccc5C(F)(F)F)c([n]43)=NC1=N2. The van der Waals surface area contributed by atoms with Gasteiger partial charge in [-0.15, -0.1) is 0 Å². The van der Waals surface area contributed by atoms with Gasteiger partial charge in [0.05, 0.1) is 44.5 Å². The van der Waals surface area contributed by atoms with Crippen molar-refractivity contribution in [2.75, 3.05) is 0 Å². The van der Waals surface area contributed by atoms with Gasteiger partial charge in [0.25, 0.3) is 0 Å². The van der Waals surface area contributed by atoms with Gasteiger partial charge in [0.1, 0.15) is 34.6 Å². The normalized spacial score (nSPS) is 16.6. The number of hydrogen-bond acceptors (Lipinski definition) is 6. The van der Waals surface area contributed by atoms with Gasteiger partial charge in [-0.05, 0) is 93.0 Å². The number of halogens is 24. The van der Waals surface area contributed by atoms with Gasteiger partial charge in [-0.25, -0.2) is 25.0 Å². The van der Waals surface area contributed by atoms with Crippen LogP contribution < -0.4 is 11.0 Å². The molecule has 0 spiro atoms. The summed E-state index contributed by atoms with van der Waals surface area (Å²) in [6.07, 6.45) is -47.5. The van der Waals surface area contributed by atoms with Gasteiger partial charge in [-0.3, -0.25) is 0 Å². The molecular formula is C72H33AlF24N8. The van der Waals surface area contributed by atoms with E-state index in [1.807, 2.05) is 0 Å². The van der Waals surface area contributed by atoms with Crippen molar-refractivity contribution in [3.05, 3.63) is 272 Å². The maximum absolute atomic E-state index is 16.3. The van der Waals surface area contributed by atoms with Crippen LogP contribution in [0.4, 0.5) is 117 Å². The van der Waals surface area contributed by atoms with E-state index < -0.39 is 244 Å². The molecule has 0 saturated heterocycles. The number of aromatic nitrogens is 2. The van der Waals surface area contributed by atoms with Crippen LogP contribution in [0.3, 0.4) is 0 Å². The van der Waals surface area contributed by atoms with E-state index in [-0.39, 0.29) is 0 Å². The summed E-state index contributed by atoms with van der Waals surface area (Å²) in [6, 6.07) is 22.3. The van der Waals surface area contributed by atoms with Crippen molar-refractivity contribution >= 4 is 66.2 Å². The lowest BCUT2D eigenvalue weighted by molar-refractivity contribution is -0.138. The topological polar surface area (TPSA) is 74.9 Å². The van der Waals surface area contributed by atoms with Gasteiger partial charge in [0, 0.05) is 44.5 Å². The summed E-state index contributed by atoms with van der Waals surface area (Å²) in [5, 5.41) is 0. The van der Waals surface area contributed by atoms with E-state index >= 15 is 105 Å². The summed E-state index contributed by atoms with van der Waals surface area (Å²) in [6.45, 7) is 0. The van der Waals surface area contributed by atoms with E-state index in [1.54, 1.807) is 0 Å². The molecule has 5 aliphatic heterocycles. The molecule has 0 saturated carbocycles. The molecule has 15 rings (SSSR count). The number of alkyl halides is 24. The Morgan fingerprint density at radius 3 is 0.876 bits per heavy atom. The Kier molecular flexibility index (Phi) is 15.8. The van der Waals surface area contributed by atoms with Crippen LogP contribution in [0.15, 0.2) is 219 Å². The molecule has 0 amide bonds. The lowest BCUT2D eigenvalue weighted by Gasteiger charge is -2.38. The maximum Gasteiger partial charge on any atom is 0.759 e. The van der Waals surface area contributed by atoms with Gasteiger partial charge in [0.2, 0.25) is 0 Å². The number of nitrogens with zero attached hydrogens (tertiary/aromatic N) is 8. The molecule has 10 aromatic rings. The summed E-state index contributed by atoms with van der Waals surface area (Å²) in [5.41, 5.74) is -35.3. The van der Waals surface area contributed by atoms with E-state index in [4.69, 9.17) is 20.0 Å². The number of hydrogen-bond donors (Lipinski definition) is 0. The van der Waals surface area contributed by atoms with Crippen molar-refractivity contribution in [1.29, 1.82) is 0 Å². The third-order valence-electron chi connectivity index (χ3n) is 18.1. The molecule has 8 aromatic carbocycles. The van der Waals surface area contributed by atoms with Gasteiger partial charge in [-0.2, -0.15) is 105 Å². The van der Waals surface area contributed by atoms with Crippen molar-refractivity contribution in [3.63, 3.8) is 0 Å². The molecule has 8 nitrogen and oxygen atoms in total. The Morgan fingerprint density at radius 1 is 0.257 bits per heavy atom. The van der Waals surface area contributed by atoms with E-state index in [1.165, 1.54) is 0 Å². The van der Waals surface area contributed by atoms with Gasteiger partial charge in [-0.1, -0.05) is 146 Å². The quantitative estimate of drug-likeness (QED) is 0.110. The molecule has 5 aliphatic rings. The average Bonchev–Trinajstić information content (AvgIpc) is 1.51. The number of aliphatic imine (C=N–C) groups is 3. The van der Waals surface area contributed by atoms with Crippen molar-refractivity contribution in [2.45, 2.75) is 55.6 Å². The largest absolute Gasteiger partial charge is 0.759 e. The first-order valence-electron chi connectivity index (χ1n) is 30.6. The maximum atomic E-state index is 16.3. The van der Waals surface area contributed by atoms with Gasteiger partial charge < -0.3 is 11.0 Å². The van der Waals surface area contributed by atoms with Crippen LogP contribution in [0, 0.1) is 0 Å². The molecule has 0 radical (unpaired) electrons. The van der Waals surface area contributed by atoms with Crippen molar-refractivity contribution in [3.8, 4) is 44.5 Å². The second-order valence-electron chi connectivity index (χ2n) is 24.1. The van der Waals surface area contributed by atoms with Crippen LogP contribution in [-0.2, 0) is 49.4 Å². The minimum Gasteiger partial charge on any atom is -0.385 e. The Labute approximate surface area is 577 Å². The highest BCUT2D eigenvalue weighted by Gasteiger charge is 2.61. The third kappa shape index (κ3) is 11.3. The van der Waals surface area contributed by atoms with Gasteiger partial charge in [0.15, 0.2) is 11.7 Å². The average molecular weight is 1490 g/mol. The molecule has 2 bridgehead atoms. The molecule has 2 aromatic heterocycles. The van der Waals surface area contributed by atoms with E-state index in [0.29, 0.717) is 104 Å². The lowest BCUT2D eigenvalue weighted by Crippen LogP contribution is -2.64. The fourth-order valence-corrected chi connectivity index (χ4v) is 17.4. The second-order valence-corrected chi connectivity index (χ2v) is 26.4. The molecule has 7 heterocycles. The molecule has 532 valence electrons. The predicted octanol–water partition coefficient (Wildman–Crippen LogP) is 21.1. The molecule has 0 N–H and O–H groups in total. The Hall–Kier alpha value is -10.9. The zero-order valence-corrected chi connectivity index (χ0v) is 52.9. The molecule has 1 unspecified atom stereocenters. The summed E-state index contributed by atoms with van der Waals surface area (Å²) >= 11 is -5.47. The highest BCUT2D eigenvalue weighted by molar-refractivity contribution is 6.63. The predicted molar refractivity (Wildman–Crippen MR) is 336 cm³/mol. The first-order valence-corrected chi connectivity index (χ1v) is 32.2. The molecule has 33 heteroatoms. The zero-order chi connectivity index (χ0) is 74.9. The minimum absolute atomic E-state index is 0.389. The molecule has 105 heavy (non-hydrogen) atoms. The summed E-state index contributed by atoms with van der Waals surface area (Å²) in [7, 11) is 0. The highest BCUT2D eigenvalue weighted by Crippen LogP contribution is 2.60. The highest BCUT2D eigenvalue weighted by atomic mass is 27.2. The van der Waals surface area contributed by atoms with Crippen LogP contribution in [0.5, 0.6) is 0 Å². The molecular weight excluding hydrogens is 1460 g/mol. The van der Waals surface area contributed by atoms with Crippen LogP contribution in [-0.4, -0.2) is 49.5 Å². The Balaban J connectivity index is 1.31.